The Morgan fingerprint density at radius 1 is 1.08 bits per heavy atom. The molecule has 1 aromatic heterocycles. The molecule has 3 heterocycles. The highest BCUT2D eigenvalue weighted by Crippen LogP contribution is 2.27. The third-order valence-electron chi connectivity index (χ3n) is 7.10. The number of carbonyl (C=O) groups is 3. The number of pyridine rings is 1. The van der Waals surface area contributed by atoms with E-state index in [0.29, 0.717) is 31.6 Å². The van der Waals surface area contributed by atoms with E-state index in [9.17, 15) is 14.4 Å². The van der Waals surface area contributed by atoms with Gasteiger partial charge in [0, 0.05) is 61.0 Å². The number of hydrogen-bond acceptors (Lipinski definition) is 5. The molecule has 1 unspecified atom stereocenters. The smallest absolute Gasteiger partial charge is 0.251 e. The van der Waals surface area contributed by atoms with Crippen LogP contribution < -0.4 is 15.1 Å². The molecule has 0 bridgehead atoms. The van der Waals surface area contributed by atoms with Gasteiger partial charge in [0.1, 0.15) is 0 Å². The van der Waals surface area contributed by atoms with Gasteiger partial charge in [-0.25, -0.2) is 0 Å². The second kappa shape index (κ2) is 10.5. The van der Waals surface area contributed by atoms with E-state index < -0.39 is 0 Å². The number of benzene rings is 2. The minimum atomic E-state index is -0.155. The zero-order chi connectivity index (χ0) is 25.1. The summed E-state index contributed by atoms with van der Waals surface area (Å²) in [5.74, 6) is -0.0109. The lowest BCUT2D eigenvalue weighted by molar-refractivity contribution is -0.119. The number of rotatable bonds is 7. The quantitative estimate of drug-likeness (QED) is 0.556. The van der Waals surface area contributed by atoms with Crippen LogP contribution in [0.4, 0.5) is 11.4 Å². The Balaban J connectivity index is 1.15. The van der Waals surface area contributed by atoms with Crippen LogP contribution in [0.5, 0.6) is 0 Å². The van der Waals surface area contributed by atoms with Crippen molar-refractivity contribution in [1.82, 2.24) is 15.2 Å². The maximum absolute atomic E-state index is 12.7. The highest BCUT2D eigenvalue weighted by Gasteiger charge is 2.31. The zero-order valence-electron chi connectivity index (χ0n) is 20.5. The topological polar surface area (TPSA) is 85.8 Å². The lowest BCUT2D eigenvalue weighted by Gasteiger charge is -2.22. The van der Waals surface area contributed by atoms with E-state index in [4.69, 9.17) is 0 Å². The Morgan fingerprint density at radius 2 is 1.86 bits per heavy atom. The Bertz CT molecular complexity index is 1270. The summed E-state index contributed by atoms with van der Waals surface area (Å²) >= 11 is 0. The summed E-state index contributed by atoms with van der Waals surface area (Å²) < 4.78 is 0. The Kier molecular flexibility index (Phi) is 6.95. The molecule has 3 aromatic rings. The maximum Gasteiger partial charge on any atom is 0.251 e. The number of carbonyl (C=O) groups excluding carboxylic acids is 3. The summed E-state index contributed by atoms with van der Waals surface area (Å²) in [4.78, 5) is 47.9. The third kappa shape index (κ3) is 5.23. The van der Waals surface area contributed by atoms with Crippen molar-refractivity contribution in [2.45, 2.75) is 19.3 Å². The molecule has 0 spiro atoms. The van der Waals surface area contributed by atoms with Crippen LogP contribution in [-0.4, -0.2) is 67.4 Å². The number of amides is 3. The summed E-state index contributed by atoms with van der Waals surface area (Å²) in [6, 6.07) is 16.8. The predicted octanol–water partition coefficient (Wildman–Crippen LogP) is 3.08. The highest BCUT2D eigenvalue weighted by molar-refractivity contribution is 5.99. The van der Waals surface area contributed by atoms with Crippen molar-refractivity contribution in [2.75, 3.05) is 49.6 Å². The molecule has 5 rings (SSSR count). The van der Waals surface area contributed by atoms with Crippen molar-refractivity contribution in [2.24, 2.45) is 5.92 Å². The minimum absolute atomic E-state index is 0.0352. The van der Waals surface area contributed by atoms with E-state index in [1.165, 1.54) is 0 Å². The second-order valence-electron chi connectivity index (χ2n) is 9.65. The van der Waals surface area contributed by atoms with Crippen LogP contribution in [-0.2, 0) is 9.59 Å². The fraction of sp³-hybridized carbons (Fsp3) is 0.357. The van der Waals surface area contributed by atoms with Gasteiger partial charge in [0.2, 0.25) is 11.8 Å². The predicted molar refractivity (Wildman–Crippen MR) is 140 cm³/mol. The molecule has 0 saturated carbocycles. The van der Waals surface area contributed by atoms with E-state index in [0.717, 1.165) is 48.2 Å². The SMILES string of the molecule is CN(C(=O)CN1CCCC1)c1ccc(N2CC(CNC(=O)c3ccc4ncccc4c3)CC2=O)cc1. The molecule has 8 nitrogen and oxygen atoms in total. The Hall–Kier alpha value is -3.78. The van der Waals surface area contributed by atoms with E-state index in [-0.39, 0.29) is 23.6 Å². The van der Waals surface area contributed by atoms with Gasteiger partial charge in [-0.2, -0.15) is 0 Å². The first-order valence-corrected chi connectivity index (χ1v) is 12.5. The first-order valence-electron chi connectivity index (χ1n) is 12.5. The normalized spacial score (nSPS) is 18.1. The summed E-state index contributed by atoms with van der Waals surface area (Å²) in [5.41, 5.74) is 3.04. The number of anilines is 2. The molecule has 2 aliphatic rings. The summed E-state index contributed by atoms with van der Waals surface area (Å²) in [5, 5.41) is 3.89. The van der Waals surface area contributed by atoms with Crippen molar-refractivity contribution < 1.29 is 14.4 Å². The van der Waals surface area contributed by atoms with Crippen molar-refractivity contribution >= 4 is 40.0 Å². The van der Waals surface area contributed by atoms with Crippen LogP contribution in [0.15, 0.2) is 60.8 Å². The van der Waals surface area contributed by atoms with Crippen LogP contribution in [0.25, 0.3) is 10.9 Å². The lowest BCUT2D eigenvalue weighted by atomic mass is 10.1. The lowest BCUT2D eigenvalue weighted by Crippen LogP contribution is -2.37. The number of fused-ring (bicyclic) bond motifs is 1. The number of likely N-dealkylation sites (tertiary alicyclic amines) is 1. The number of aromatic nitrogens is 1. The molecule has 3 amide bonds. The van der Waals surface area contributed by atoms with Gasteiger partial charge in [-0.05, 0) is 74.5 Å². The molecule has 2 aliphatic heterocycles. The molecule has 8 heteroatoms. The van der Waals surface area contributed by atoms with Gasteiger partial charge in [-0.1, -0.05) is 6.07 Å². The molecule has 1 atom stereocenters. The van der Waals surface area contributed by atoms with Gasteiger partial charge in [0.25, 0.3) is 5.91 Å². The van der Waals surface area contributed by atoms with Crippen LogP contribution in [0.3, 0.4) is 0 Å². The highest BCUT2D eigenvalue weighted by atomic mass is 16.2. The van der Waals surface area contributed by atoms with Crippen LogP contribution in [0, 0.1) is 5.92 Å². The number of nitrogens with zero attached hydrogens (tertiary/aromatic N) is 4. The average Bonchev–Trinajstić information content (AvgIpc) is 3.56. The molecular weight excluding hydrogens is 454 g/mol. The molecule has 36 heavy (non-hydrogen) atoms. The molecule has 2 aromatic carbocycles. The largest absolute Gasteiger partial charge is 0.352 e. The summed E-state index contributed by atoms with van der Waals surface area (Å²) in [7, 11) is 1.79. The van der Waals surface area contributed by atoms with Crippen LogP contribution >= 0.6 is 0 Å². The van der Waals surface area contributed by atoms with Gasteiger partial charge >= 0.3 is 0 Å². The van der Waals surface area contributed by atoms with Crippen LogP contribution in [0.2, 0.25) is 0 Å². The van der Waals surface area contributed by atoms with Crippen molar-refractivity contribution in [3.8, 4) is 0 Å². The molecular formula is C28H31N5O3. The molecule has 0 aliphatic carbocycles. The van der Waals surface area contributed by atoms with Crippen molar-refractivity contribution in [1.29, 1.82) is 0 Å². The second-order valence-corrected chi connectivity index (χ2v) is 9.65. The Labute approximate surface area is 210 Å². The van der Waals surface area contributed by atoms with Crippen molar-refractivity contribution in [3.63, 3.8) is 0 Å². The monoisotopic (exact) mass is 485 g/mol. The van der Waals surface area contributed by atoms with Gasteiger partial charge in [-0.15, -0.1) is 0 Å². The fourth-order valence-corrected chi connectivity index (χ4v) is 4.96. The molecule has 2 saturated heterocycles. The summed E-state index contributed by atoms with van der Waals surface area (Å²) in [6.45, 7) is 3.38. The van der Waals surface area contributed by atoms with E-state index in [1.807, 2.05) is 48.5 Å². The average molecular weight is 486 g/mol. The van der Waals surface area contributed by atoms with Gasteiger partial charge in [-0.3, -0.25) is 24.3 Å². The first-order chi connectivity index (χ1) is 17.5. The van der Waals surface area contributed by atoms with E-state index >= 15 is 0 Å². The number of nitrogens with one attached hydrogen (secondary N) is 1. The van der Waals surface area contributed by atoms with Gasteiger partial charge < -0.3 is 15.1 Å². The summed E-state index contributed by atoms with van der Waals surface area (Å²) in [6.07, 6.45) is 4.42. The standard InChI is InChI=1S/C28H31N5O3/c1-31(27(35)19-32-13-2-3-14-32)23-7-9-24(10-8-23)33-18-20(15-26(33)34)17-30-28(36)22-6-11-25-21(16-22)5-4-12-29-25/h4-12,16,20H,2-3,13-15,17-19H2,1H3,(H,30,36). The molecule has 0 radical (unpaired) electrons. The van der Waals surface area contributed by atoms with Crippen molar-refractivity contribution in [3.05, 3.63) is 66.4 Å². The number of likely N-dealkylation sites (N-methyl/N-ethyl adjacent to an activating group) is 1. The molecule has 2 fully saturated rings. The first kappa shape index (κ1) is 23.9. The van der Waals surface area contributed by atoms with Gasteiger partial charge in [0.05, 0.1) is 12.1 Å². The Morgan fingerprint density at radius 3 is 2.64 bits per heavy atom. The van der Waals surface area contributed by atoms with Crippen LogP contribution in [0.1, 0.15) is 29.6 Å². The molecule has 186 valence electrons. The van der Waals surface area contributed by atoms with E-state index in [1.54, 1.807) is 29.1 Å². The molecule has 1 N–H and O–H groups in total. The fourth-order valence-electron chi connectivity index (χ4n) is 4.96. The maximum atomic E-state index is 12.7. The number of hydrogen-bond donors (Lipinski definition) is 1. The van der Waals surface area contributed by atoms with E-state index in [2.05, 4.69) is 15.2 Å². The van der Waals surface area contributed by atoms with Gasteiger partial charge in [0.15, 0.2) is 0 Å². The zero-order valence-corrected chi connectivity index (χ0v) is 20.5. The third-order valence-corrected chi connectivity index (χ3v) is 7.10. The minimum Gasteiger partial charge on any atom is -0.352 e.